The highest BCUT2D eigenvalue weighted by Crippen LogP contribution is 2.19. The van der Waals surface area contributed by atoms with Crippen molar-refractivity contribution in [1.82, 2.24) is 19.9 Å². The molecule has 8 bridgehead atoms. The molecule has 0 fully saturated rings. The minimum atomic E-state index is 0.539. The van der Waals surface area contributed by atoms with E-state index in [2.05, 4.69) is 34.9 Å². The van der Waals surface area contributed by atoms with Crippen molar-refractivity contribution in [2.24, 2.45) is 20.0 Å². The molecule has 8 heteroatoms. The lowest BCUT2D eigenvalue weighted by atomic mass is 10.2. The number of aliphatic imine (C=N–C) groups is 4. The van der Waals surface area contributed by atoms with Crippen LogP contribution in [0.25, 0.3) is 0 Å². The Labute approximate surface area is 203 Å². The second-order valence-corrected chi connectivity index (χ2v) is 7.91. The van der Waals surface area contributed by atoms with Gasteiger partial charge in [0.05, 0.1) is 46.1 Å². The van der Waals surface area contributed by atoms with Crippen molar-refractivity contribution in [1.29, 1.82) is 0 Å². The molecule has 0 N–H and O–H groups in total. The van der Waals surface area contributed by atoms with E-state index in [9.17, 15) is 0 Å². The lowest BCUT2D eigenvalue weighted by Gasteiger charge is -2.06. The van der Waals surface area contributed by atoms with Crippen LogP contribution < -0.4 is 0 Å². The Bertz CT molecular complexity index is 1530. The molecule has 0 aliphatic carbocycles. The summed E-state index contributed by atoms with van der Waals surface area (Å²) in [6, 6.07) is 22.6. The van der Waals surface area contributed by atoms with Crippen molar-refractivity contribution in [3.8, 4) is 0 Å². The van der Waals surface area contributed by atoms with Gasteiger partial charge >= 0.3 is 0 Å². The molecule has 8 nitrogen and oxygen atoms in total. The van der Waals surface area contributed by atoms with Gasteiger partial charge < -0.3 is 0 Å². The fraction of sp³-hybridized carbons (Fsp3) is 0.111. The van der Waals surface area contributed by atoms with Crippen LogP contribution in [0.15, 0.2) is 92.8 Å². The quantitative estimate of drug-likeness (QED) is 0.335. The van der Waals surface area contributed by atoms with Crippen LogP contribution in [0.2, 0.25) is 0 Å². The monoisotopic (exact) mass is 458 g/mol. The zero-order valence-electron chi connectivity index (χ0n) is 19.6. The van der Waals surface area contributed by atoms with E-state index in [1.165, 1.54) is 0 Å². The van der Waals surface area contributed by atoms with Crippen LogP contribution in [0.3, 0.4) is 0 Å². The molecule has 0 aromatic carbocycles. The summed E-state index contributed by atoms with van der Waals surface area (Å²) in [6.45, 7) is 5.72. The maximum atomic E-state index is 4.75. The van der Waals surface area contributed by atoms with E-state index in [4.69, 9.17) is 4.98 Å². The van der Waals surface area contributed by atoms with Gasteiger partial charge in [0.25, 0.3) is 0 Å². The molecular weight excluding hydrogens is 436 g/mol. The minimum absolute atomic E-state index is 0.539. The standard InChI is InChI=1S/C27H22N8/c1-17-21-9-4-8-20(32-21)16-28-24-12-6-13-25(34-24)30-18(2)22-10-5-11-23(33-22)19(3)31-27-15-7-14-26(29-17)35-27/h4-16H,1-3H3. The topological polar surface area (TPSA) is 101 Å². The zero-order chi connectivity index (χ0) is 24.2. The molecule has 0 unspecified atom stereocenters. The van der Waals surface area contributed by atoms with Crippen molar-refractivity contribution in [2.45, 2.75) is 20.8 Å². The molecule has 0 saturated carbocycles. The molecule has 4 aromatic rings. The molecule has 0 amide bonds. The number of hydrogen-bond acceptors (Lipinski definition) is 8. The maximum absolute atomic E-state index is 4.75. The molecule has 1 aliphatic heterocycles. The van der Waals surface area contributed by atoms with Crippen LogP contribution in [-0.4, -0.2) is 43.3 Å². The number of nitrogens with zero attached hydrogens (tertiary/aromatic N) is 8. The van der Waals surface area contributed by atoms with Crippen LogP contribution in [0.1, 0.15) is 43.5 Å². The van der Waals surface area contributed by atoms with E-state index in [-0.39, 0.29) is 0 Å². The second-order valence-electron chi connectivity index (χ2n) is 7.91. The minimum Gasteiger partial charge on any atom is -0.246 e. The molecule has 5 rings (SSSR count). The van der Waals surface area contributed by atoms with Gasteiger partial charge in [-0.3, -0.25) is 0 Å². The Morgan fingerprint density at radius 2 is 0.857 bits per heavy atom. The molecule has 35 heavy (non-hydrogen) atoms. The Balaban J connectivity index is 1.67. The fourth-order valence-electron chi connectivity index (χ4n) is 3.47. The van der Waals surface area contributed by atoms with Gasteiger partial charge in [-0.05, 0) is 69.3 Å². The molecular formula is C27H22N8. The predicted octanol–water partition coefficient (Wildman–Crippen LogP) is 5.75. The molecule has 0 radical (unpaired) electrons. The van der Waals surface area contributed by atoms with Gasteiger partial charge in [0.1, 0.15) is 0 Å². The highest BCUT2D eigenvalue weighted by molar-refractivity contribution is 6.02. The summed E-state index contributed by atoms with van der Waals surface area (Å²) in [7, 11) is 0. The van der Waals surface area contributed by atoms with Gasteiger partial charge in [-0.25, -0.2) is 39.9 Å². The average molecular weight is 459 g/mol. The first-order valence-electron chi connectivity index (χ1n) is 11.1. The van der Waals surface area contributed by atoms with Gasteiger partial charge in [-0.1, -0.05) is 24.3 Å². The Hall–Kier alpha value is -4.72. The summed E-state index contributed by atoms with van der Waals surface area (Å²) in [4.78, 5) is 37.0. The van der Waals surface area contributed by atoms with Crippen molar-refractivity contribution in [2.75, 3.05) is 0 Å². The highest BCUT2D eigenvalue weighted by atomic mass is 15.0. The summed E-state index contributed by atoms with van der Waals surface area (Å²) in [5, 5.41) is 0. The van der Waals surface area contributed by atoms with Gasteiger partial charge in [0.15, 0.2) is 23.3 Å². The molecule has 5 heterocycles. The molecule has 0 saturated heterocycles. The second kappa shape index (κ2) is 9.64. The molecule has 1 aliphatic rings. The lowest BCUT2D eigenvalue weighted by Crippen LogP contribution is -2.05. The number of hydrogen-bond donors (Lipinski definition) is 0. The van der Waals surface area contributed by atoms with E-state index in [0.717, 1.165) is 34.2 Å². The third kappa shape index (κ3) is 5.27. The molecule has 0 spiro atoms. The van der Waals surface area contributed by atoms with Gasteiger partial charge in [0, 0.05) is 0 Å². The van der Waals surface area contributed by atoms with Crippen molar-refractivity contribution >= 4 is 46.6 Å². The van der Waals surface area contributed by atoms with Gasteiger partial charge in [-0.2, -0.15) is 0 Å². The van der Waals surface area contributed by atoms with Crippen LogP contribution in [0, 0.1) is 0 Å². The van der Waals surface area contributed by atoms with Gasteiger partial charge in [-0.15, -0.1) is 0 Å². The number of rotatable bonds is 0. The fourth-order valence-corrected chi connectivity index (χ4v) is 3.47. The van der Waals surface area contributed by atoms with Crippen LogP contribution in [0.5, 0.6) is 0 Å². The predicted molar refractivity (Wildman–Crippen MR) is 140 cm³/mol. The summed E-state index contributed by atoms with van der Waals surface area (Å²) in [6.07, 6.45) is 1.68. The largest absolute Gasteiger partial charge is 0.246 e. The lowest BCUT2D eigenvalue weighted by molar-refractivity contribution is 1.19. The van der Waals surface area contributed by atoms with E-state index in [1.807, 2.05) is 93.6 Å². The number of aromatic nitrogens is 4. The first-order valence-corrected chi connectivity index (χ1v) is 11.1. The van der Waals surface area contributed by atoms with Crippen molar-refractivity contribution < 1.29 is 0 Å². The Morgan fingerprint density at radius 3 is 1.43 bits per heavy atom. The summed E-state index contributed by atoms with van der Waals surface area (Å²) in [5.41, 5.74) is 5.12. The first kappa shape index (κ1) is 22.1. The number of fused-ring (bicyclic) bond motifs is 8. The summed E-state index contributed by atoms with van der Waals surface area (Å²) < 4.78 is 0. The van der Waals surface area contributed by atoms with E-state index in [0.29, 0.717) is 29.0 Å². The van der Waals surface area contributed by atoms with Gasteiger partial charge in [0.2, 0.25) is 0 Å². The third-order valence-electron chi connectivity index (χ3n) is 5.25. The first-order chi connectivity index (χ1) is 17.0. The van der Waals surface area contributed by atoms with Crippen molar-refractivity contribution in [3.63, 3.8) is 0 Å². The number of pyridine rings is 4. The summed E-state index contributed by atoms with van der Waals surface area (Å²) >= 11 is 0. The van der Waals surface area contributed by atoms with E-state index in [1.54, 1.807) is 6.21 Å². The molecule has 4 aromatic heterocycles. The van der Waals surface area contributed by atoms with Crippen LogP contribution >= 0.6 is 0 Å². The third-order valence-corrected chi connectivity index (χ3v) is 5.25. The molecule has 0 atom stereocenters. The van der Waals surface area contributed by atoms with Crippen LogP contribution in [0.4, 0.5) is 23.3 Å². The highest BCUT2D eigenvalue weighted by Gasteiger charge is 2.07. The SMILES string of the molecule is CC1=Nc2cccc(n2)N=C(C)c2cccc(n2)C(C)=Nc2cccc(n2)N=Cc2cccc1n2. The Kier molecular flexibility index (Phi) is 6.09. The zero-order valence-corrected chi connectivity index (χ0v) is 19.6. The normalized spacial score (nSPS) is 13.4. The van der Waals surface area contributed by atoms with E-state index < -0.39 is 0 Å². The average Bonchev–Trinajstić information content (AvgIpc) is 2.88. The summed E-state index contributed by atoms with van der Waals surface area (Å²) in [5.74, 6) is 2.20. The maximum Gasteiger partial charge on any atom is 0.154 e. The van der Waals surface area contributed by atoms with Crippen molar-refractivity contribution in [3.05, 3.63) is 95.6 Å². The smallest absolute Gasteiger partial charge is 0.154 e. The van der Waals surface area contributed by atoms with E-state index >= 15 is 0 Å². The van der Waals surface area contributed by atoms with Crippen LogP contribution in [-0.2, 0) is 0 Å². The molecule has 170 valence electrons. The Morgan fingerprint density at radius 1 is 0.429 bits per heavy atom.